The normalized spacial score (nSPS) is 11.4. The molecule has 5 nitrogen and oxygen atoms in total. The van der Waals surface area contributed by atoms with E-state index in [1.54, 1.807) is 20.0 Å². The molecule has 1 unspecified atom stereocenters. The summed E-state index contributed by atoms with van der Waals surface area (Å²) in [6, 6.07) is 4.01. The summed E-state index contributed by atoms with van der Waals surface area (Å²) in [4.78, 5) is 11.5. The Balaban J connectivity index is 0.00000289. The Morgan fingerprint density at radius 3 is 2.56 bits per heavy atom. The number of hydrogen-bond donors (Lipinski definition) is 3. The SMILES string of the molecule is CCOC(=O)C(Cc1ccc(O)c(O)c1)NC.Cl. The molecular weight excluding hydrogens is 258 g/mol. The molecule has 0 radical (unpaired) electrons. The molecule has 0 heterocycles. The van der Waals surface area contributed by atoms with E-state index in [2.05, 4.69) is 5.32 Å². The minimum atomic E-state index is -0.459. The number of phenolic OH excluding ortho intramolecular Hbond substituents is 2. The van der Waals surface area contributed by atoms with Gasteiger partial charge in [-0.2, -0.15) is 0 Å². The van der Waals surface area contributed by atoms with Crippen molar-refractivity contribution in [3.63, 3.8) is 0 Å². The van der Waals surface area contributed by atoms with Crippen LogP contribution in [0.3, 0.4) is 0 Å². The summed E-state index contributed by atoms with van der Waals surface area (Å²) in [5.74, 6) is -0.699. The van der Waals surface area contributed by atoms with Gasteiger partial charge < -0.3 is 20.3 Å². The third kappa shape index (κ3) is 4.43. The lowest BCUT2D eigenvalue weighted by molar-refractivity contribution is -0.145. The average molecular weight is 276 g/mol. The molecule has 0 fully saturated rings. The molecule has 0 aliphatic carbocycles. The van der Waals surface area contributed by atoms with Gasteiger partial charge in [-0.15, -0.1) is 12.4 Å². The number of ether oxygens (including phenoxy) is 1. The molecule has 0 saturated carbocycles. The van der Waals surface area contributed by atoms with Gasteiger partial charge in [0.15, 0.2) is 11.5 Å². The number of hydrogen-bond acceptors (Lipinski definition) is 5. The average Bonchev–Trinajstić information content (AvgIpc) is 2.30. The third-order valence-corrected chi connectivity index (χ3v) is 2.40. The monoisotopic (exact) mass is 275 g/mol. The standard InChI is InChI=1S/C12H17NO4.ClH/c1-3-17-12(16)9(13-2)6-8-4-5-10(14)11(15)7-8;/h4-5,7,9,13-15H,3,6H2,1-2H3;1H. The molecule has 1 aromatic carbocycles. The van der Waals surface area contributed by atoms with Crippen LogP contribution in [0.2, 0.25) is 0 Å². The van der Waals surface area contributed by atoms with Crippen molar-refractivity contribution in [2.75, 3.05) is 13.7 Å². The Morgan fingerprint density at radius 1 is 1.39 bits per heavy atom. The van der Waals surface area contributed by atoms with Crippen molar-refractivity contribution in [3.8, 4) is 11.5 Å². The van der Waals surface area contributed by atoms with Crippen LogP contribution in [-0.2, 0) is 16.0 Å². The number of rotatable bonds is 5. The van der Waals surface area contributed by atoms with Crippen LogP contribution in [-0.4, -0.2) is 35.9 Å². The zero-order chi connectivity index (χ0) is 12.8. The number of esters is 1. The molecule has 1 rings (SSSR count). The van der Waals surface area contributed by atoms with Gasteiger partial charge in [-0.1, -0.05) is 6.07 Å². The number of carbonyl (C=O) groups excluding carboxylic acids is 1. The number of likely N-dealkylation sites (N-methyl/N-ethyl adjacent to an activating group) is 1. The summed E-state index contributed by atoms with van der Waals surface area (Å²) in [5, 5.41) is 21.4. The van der Waals surface area contributed by atoms with Crippen molar-refractivity contribution in [1.29, 1.82) is 0 Å². The molecule has 0 saturated heterocycles. The van der Waals surface area contributed by atoms with E-state index >= 15 is 0 Å². The fraction of sp³-hybridized carbons (Fsp3) is 0.417. The molecule has 1 aromatic rings. The quantitative estimate of drug-likeness (QED) is 0.556. The highest BCUT2D eigenvalue weighted by Gasteiger charge is 2.18. The van der Waals surface area contributed by atoms with E-state index in [9.17, 15) is 15.0 Å². The molecular formula is C12H18ClNO4. The van der Waals surface area contributed by atoms with E-state index in [4.69, 9.17) is 4.74 Å². The maximum Gasteiger partial charge on any atom is 0.323 e. The fourth-order valence-corrected chi connectivity index (χ4v) is 1.48. The minimum absolute atomic E-state index is 0. The third-order valence-electron chi connectivity index (χ3n) is 2.40. The topological polar surface area (TPSA) is 78.8 Å². The summed E-state index contributed by atoms with van der Waals surface area (Å²) < 4.78 is 4.91. The second-order valence-corrected chi connectivity index (χ2v) is 3.62. The zero-order valence-electron chi connectivity index (χ0n) is 10.3. The molecule has 0 aliphatic heterocycles. The van der Waals surface area contributed by atoms with E-state index < -0.39 is 6.04 Å². The minimum Gasteiger partial charge on any atom is -0.504 e. The number of aromatic hydroxyl groups is 2. The van der Waals surface area contributed by atoms with E-state index in [0.717, 1.165) is 5.56 Å². The lowest BCUT2D eigenvalue weighted by atomic mass is 10.1. The van der Waals surface area contributed by atoms with Crippen LogP contribution in [0.5, 0.6) is 11.5 Å². The van der Waals surface area contributed by atoms with E-state index in [1.165, 1.54) is 12.1 Å². The Labute approximate surface area is 112 Å². The summed E-state index contributed by atoms with van der Waals surface area (Å²) >= 11 is 0. The molecule has 3 N–H and O–H groups in total. The van der Waals surface area contributed by atoms with Gasteiger partial charge in [0, 0.05) is 0 Å². The second-order valence-electron chi connectivity index (χ2n) is 3.62. The number of halogens is 1. The first-order valence-corrected chi connectivity index (χ1v) is 5.43. The van der Waals surface area contributed by atoms with Gasteiger partial charge in [0.1, 0.15) is 6.04 Å². The van der Waals surface area contributed by atoms with E-state index in [-0.39, 0.29) is 29.9 Å². The summed E-state index contributed by atoms with van der Waals surface area (Å²) in [5.41, 5.74) is 0.743. The van der Waals surface area contributed by atoms with Crippen molar-refractivity contribution in [1.82, 2.24) is 5.32 Å². The first-order chi connectivity index (χ1) is 8.08. The number of carbonyl (C=O) groups is 1. The molecule has 102 valence electrons. The smallest absolute Gasteiger partial charge is 0.323 e. The Bertz CT molecular complexity index is 398. The van der Waals surface area contributed by atoms with Crippen LogP contribution in [0, 0.1) is 0 Å². The van der Waals surface area contributed by atoms with Crippen LogP contribution in [0.25, 0.3) is 0 Å². The van der Waals surface area contributed by atoms with Crippen LogP contribution >= 0.6 is 12.4 Å². The molecule has 0 aromatic heterocycles. The largest absolute Gasteiger partial charge is 0.504 e. The predicted octanol–water partition coefficient (Wildman–Crippen LogP) is 1.21. The second kappa shape index (κ2) is 7.79. The van der Waals surface area contributed by atoms with Crippen LogP contribution in [0.4, 0.5) is 0 Å². The number of benzene rings is 1. The highest BCUT2D eigenvalue weighted by atomic mass is 35.5. The molecule has 0 amide bonds. The predicted molar refractivity (Wildman–Crippen MR) is 70.2 cm³/mol. The molecule has 6 heteroatoms. The van der Waals surface area contributed by atoms with Crippen molar-refractivity contribution >= 4 is 18.4 Å². The Kier molecular flexibility index (Phi) is 7.16. The fourth-order valence-electron chi connectivity index (χ4n) is 1.48. The van der Waals surface area contributed by atoms with Gasteiger partial charge in [-0.25, -0.2) is 0 Å². The van der Waals surface area contributed by atoms with Crippen molar-refractivity contribution < 1.29 is 19.7 Å². The van der Waals surface area contributed by atoms with Crippen molar-refractivity contribution in [3.05, 3.63) is 23.8 Å². The summed E-state index contributed by atoms with van der Waals surface area (Å²) in [7, 11) is 1.67. The lowest BCUT2D eigenvalue weighted by Gasteiger charge is -2.14. The zero-order valence-corrected chi connectivity index (χ0v) is 11.2. The van der Waals surface area contributed by atoms with Gasteiger partial charge >= 0.3 is 5.97 Å². The van der Waals surface area contributed by atoms with Crippen LogP contribution in [0.1, 0.15) is 12.5 Å². The van der Waals surface area contributed by atoms with Gasteiger partial charge in [0.2, 0.25) is 0 Å². The maximum atomic E-state index is 11.5. The molecule has 0 bridgehead atoms. The molecule has 0 aliphatic rings. The Morgan fingerprint density at radius 2 is 2.06 bits per heavy atom. The van der Waals surface area contributed by atoms with Crippen molar-refractivity contribution in [2.45, 2.75) is 19.4 Å². The highest BCUT2D eigenvalue weighted by Crippen LogP contribution is 2.25. The van der Waals surface area contributed by atoms with Crippen LogP contribution in [0.15, 0.2) is 18.2 Å². The van der Waals surface area contributed by atoms with E-state index in [0.29, 0.717) is 13.0 Å². The van der Waals surface area contributed by atoms with Crippen LogP contribution < -0.4 is 5.32 Å². The van der Waals surface area contributed by atoms with Gasteiger partial charge in [0.25, 0.3) is 0 Å². The lowest BCUT2D eigenvalue weighted by Crippen LogP contribution is -2.37. The molecule has 1 atom stereocenters. The maximum absolute atomic E-state index is 11.5. The molecule has 0 spiro atoms. The first-order valence-electron chi connectivity index (χ1n) is 5.43. The van der Waals surface area contributed by atoms with Gasteiger partial charge in [0.05, 0.1) is 6.61 Å². The first kappa shape index (κ1) is 16.5. The summed E-state index contributed by atoms with van der Waals surface area (Å²) in [6.07, 6.45) is 0.392. The highest BCUT2D eigenvalue weighted by molar-refractivity contribution is 5.85. The van der Waals surface area contributed by atoms with Crippen molar-refractivity contribution in [2.24, 2.45) is 0 Å². The summed E-state index contributed by atoms with van der Waals surface area (Å²) in [6.45, 7) is 2.08. The molecule has 18 heavy (non-hydrogen) atoms. The van der Waals surface area contributed by atoms with Gasteiger partial charge in [-0.3, -0.25) is 4.79 Å². The van der Waals surface area contributed by atoms with E-state index in [1.807, 2.05) is 0 Å². The number of nitrogens with one attached hydrogen (secondary N) is 1. The Hall–Kier alpha value is -1.46. The van der Waals surface area contributed by atoms with Gasteiger partial charge in [-0.05, 0) is 38.1 Å². The number of phenols is 2.